The Bertz CT molecular complexity index is 359. The van der Waals surface area contributed by atoms with E-state index in [2.05, 4.69) is 34.5 Å². The van der Waals surface area contributed by atoms with Gasteiger partial charge in [-0.05, 0) is 62.4 Å². The van der Waals surface area contributed by atoms with Crippen molar-refractivity contribution in [1.82, 2.24) is 10.2 Å². The van der Waals surface area contributed by atoms with Gasteiger partial charge < -0.3 is 10.2 Å². The van der Waals surface area contributed by atoms with Gasteiger partial charge in [0.1, 0.15) is 0 Å². The van der Waals surface area contributed by atoms with E-state index in [1.165, 1.54) is 63.0 Å². The van der Waals surface area contributed by atoms with Crippen LogP contribution in [-0.2, 0) is 6.42 Å². The normalized spacial score (nSPS) is 24.8. The molecule has 98 valence electrons. The lowest BCUT2D eigenvalue weighted by Crippen LogP contribution is -2.21. The third kappa shape index (κ3) is 2.93. The molecule has 2 fully saturated rings. The first-order valence-corrected chi connectivity index (χ1v) is 7.44. The minimum atomic E-state index is 0.748. The summed E-state index contributed by atoms with van der Waals surface area (Å²) in [5, 5.41) is 3.44. The molecule has 2 aliphatic heterocycles. The molecule has 1 atom stereocenters. The van der Waals surface area contributed by atoms with Gasteiger partial charge in [-0.1, -0.05) is 24.3 Å². The van der Waals surface area contributed by atoms with Crippen molar-refractivity contribution in [3.8, 4) is 0 Å². The first-order valence-electron chi connectivity index (χ1n) is 7.44. The fourth-order valence-electron chi connectivity index (χ4n) is 3.19. The van der Waals surface area contributed by atoms with Gasteiger partial charge in [0.2, 0.25) is 0 Å². The van der Waals surface area contributed by atoms with E-state index in [9.17, 15) is 0 Å². The smallest absolute Gasteiger partial charge is 0.00218 e. The number of nitrogens with one attached hydrogen (secondary N) is 1. The zero-order chi connectivity index (χ0) is 12.2. The lowest BCUT2D eigenvalue weighted by Gasteiger charge is -2.15. The van der Waals surface area contributed by atoms with Gasteiger partial charge in [0.15, 0.2) is 0 Å². The van der Waals surface area contributed by atoms with Gasteiger partial charge in [-0.25, -0.2) is 0 Å². The molecule has 1 N–H and O–H groups in total. The maximum Gasteiger partial charge on any atom is 0.00218 e. The lowest BCUT2D eigenvalue weighted by atomic mass is 9.97. The van der Waals surface area contributed by atoms with Crippen LogP contribution >= 0.6 is 0 Å². The highest BCUT2D eigenvalue weighted by Gasteiger charge is 2.16. The summed E-state index contributed by atoms with van der Waals surface area (Å²) < 4.78 is 0. The van der Waals surface area contributed by atoms with Gasteiger partial charge in [-0.3, -0.25) is 0 Å². The molecular formula is C16H24N2. The van der Waals surface area contributed by atoms with Crippen molar-refractivity contribution in [3.05, 3.63) is 35.4 Å². The first-order chi connectivity index (χ1) is 8.92. The molecule has 0 aromatic heterocycles. The van der Waals surface area contributed by atoms with E-state index >= 15 is 0 Å². The van der Waals surface area contributed by atoms with Crippen LogP contribution in [0.25, 0.3) is 0 Å². The predicted molar refractivity (Wildman–Crippen MR) is 76.0 cm³/mol. The van der Waals surface area contributed by atoms with Crippen LogP contribution in [0.4, 0.5) is 0 Å². The van der Waals surface area contributed by atoms with Crippen molar-refractivity contribution in [1.29, 1.82) is 0 Å². The Morgan fingerprint density at radius 2 is 1.89 bits per heavy atom. The van der Waals surface area contributed by atoms with Gasteiger partial charge in [-0.2, -0.15) is 0 Å². The standard InChI is InChI=1S/C16H24N2/c1-2-11-18(10-1)12-8-14-3-5-15(6-4-14)16-7-9-17-13-16/h3-6,16-17H,1-2,7-13H2. The molecule has 0 aliphatic carbocycles. The number of rotatable bonds is 4. The Labute approximate surface area is 110 Å². The quantitative estimate of drug-likeness (QED) is 0.875. The highest BCUT2D eigenvalue weighted by Crippen LogP contribution is 2.22. The molecule has 1 aromatic carbocycles. The molecule has 2 aliphatic rings. The van der Waals surface area contributed by atoms with E-state index in [0.29, 0.717) is 0 Å². The van der Waals surface area contributed by atoms with Crippen LogP contribution in [-0.4, -0.2) is 37.6 Å². The Kier molecular flexibility index (Phi) is 3.96. The van der Waals surface area contributed by atoms with E-state index in [4.69, 9.17) is 0 Å². The second kappa shape index (κ2) is 5.85. The Morgan fingerprint density at radius 3 is 2.56 bits per heavy atom. The van der Waals surface area contributed by atoms with Crippen LogP contribution in [0.5, 0.6) is 0 Å². The second-order valence-corrected chi connectivity index (χ2v) is 5.73. The summed E-state index contributed by atoms with van der Waals surface area (Å²) in [6.07, 6.45) is 5.30. The highest BCUT2D eigenvalue weighted by molar-refractivity contribution is 5.26. The summed E-state index contributed by atoms with van der Waals surface area (Å²) >= 11 is 0. The number of hydrogen-bond acceptors (Lipinski definition) is 2. The Hall–Kier alpha value is -0.860. The molecular weight excluding hydrogens is 220 g/mol. The molecule has 0 spiro atoms. The third-order valence-electron chi connectivity index (χ3n) is 4.43. The topological polar surface area (TPSA) is 15.3 Å². The van der Waals surface area contributed by atoms with Gasteiger partial charge in [0.05, 0.1) is 0 Å². The molecule has 2 saturated heterocycles. The van der Waals surface area contributed by atoms with Crippen molar-refractivity contribution in [2.24, 2.45) is 0 Å². The summed E-state index contributed by atoms with van der Waals surface area (Å²) in [6.45, 7) is 6.20. The molecule has 0 saturated carbocycles. The van der Waals surface area contributed by atoms with Crippen molar-refractivity contribution < 1.29 is 0 Å². The highest BCUT2D eigenvalue weighted by atomic mass is 15.1. The fourth-order valence-corrected chi connectivity index (χ4v) is 3.19. The summed E-state index contributed by atoms with van der Waals surface area (Å²) in [7, 11) is 0. The molecule has 1 aromatic rings. The number of benzene rings is 1. The van der Waals surface area contributed by atoms with Crippen LogP contribution in [0.1, 0.15) is 36.3 Å². The molecule has 0 radical (unpaired) electrons. The Balaban J connectivity index is 1.53. The van der Waals surface area contributed by atoms with Crippen molar-refractivity contribution in [3.63, 3.8) is 0 Å². The molecule has 0 amide bonds. The van der Waals surface area contributed by atoms with E-state index in [0.717, 1.165) is 12.5 Å². The minimum Gasteiger partial charge on any atom is -0.316 e. The van der Waals surface area contributed by atoms with Crippen molar-refractivity contribution in [2.75, 3.05) is 32.7 Å². The van der Waals surface area contributed by atoms with Crippen LogP contribution in [0.3, 0.4) is 0 Å². The average molecular weight is 244 g/mol. The number of hydrogen-bond donors (Lipinski definition) is 1. The van der Waals surface area contributed by atoms with Gasteiger partial charge in [0, 0.05) is 13.1 Å². The minimum absolute atomic E-state index is 0.748. The average Bonchev–Trinajstić information content (AvgIpc) is 3.10. The molecule has 1 unspecified atom stereocenters. The van der Waals surface area contributed by atoms with Crippen LogP contribution in [0.15, 0.2) is 24.3 Å². The maximum absolute atomic E-state index is 3.44. The monoisotopic (exact) mass is 244 g/mol. The van der Waals surface area contributed by atoms with Gasteiger partial charge in [-0.15, -0.1) is 0 Å². The van der Waals surface area contributed by atoms with E-state index < -0.39 is 0 Å². The van der Waals surface area contributed by atoms with Gasteiger partial charge in [0.25, 0.3) is 0 Å². The van der Waals surface area contributed by atoms with Crippen LogP contribution < -0.4 is 5.32 Å². The second-order valence-electron chi connectivity index (χ2n) is 5.73. The van der Waals surface area contributed by atoms with Crippen LogP contribution in [0, 0.1) is 0 Å². The molecule has 18 heavy (non-hydrogen) atoms. The Morgan fingerprint density at radius 1 is 1.11 bits per heavy atom. The molecule has 0 bridgehead atoms. The molecule has 2 heterocycles. The summed E-state index contributed by atoms with van der Waals surface area (Å²) in [5.74, 6) is 0.748. The zero-order valence-corrected chi connectivity index (χ0v) is 11.2. The molecule has 2 nitrogen and oxygen atoms in total. The lowest BCUT2D eigenvalue weighted by molar-refractivity contribution is 0.343. The number of likely N-dealkylation sites (tertiary alicyclic amines) is 1. The van der Waals surface area contributed by atoms with Crippen LogP contribution in [0.2, 0.25) is 0 Å². The van der Waals surface area contributed by atoms with E-state index in [-0.39, 0.29) is 0 Å². The van der Waals surface area contributed by atoms with Gasteiger partial charge >= 0.3 is 0 Å². The first kappa shape index (κ1) is 12.2. The fraction of sp³-hybridized carbons (Fsp3) is 0.625. The number of nitrogens with zero attached hydrogens (tertiary/aromatic N) is 1. The van der Waals surface area contributed by atoms with E-state index in [1.807, 2.05) is 0 Å². The third-order valence-corrected chi connectivity index (χ3v) is 4.43. The molecule has 3 rings (SSSR count). The molecule has 2 heteroatoms. The summed E-state index contributed by atoms with van der Waals surface area (Å²) in [4.78, 5) is 2.59. The maximum atomic E-state index is 3.44. The predicted octanol–water partition coefficient (Wildman–Crippen LogP) is 2.40. The van der Waals surface area contributed by atoms with Crippen molar-refractivity contribution in [2.45, 2.75) is 31.6 Å². The van der Waals surface area contributed by atoms with Crippen molar-refractivity contribution >= 4 is 0 Å². The largest absolute Gasteiger partial charge is 0.316 e. The summed E-state index contributed by atoms with van der Waals surface area (Å²) in [6, 6.07) is 9.36. The summed E-state index contributed by atoms with van der Waals surface area (Å²) in [5.41, 5.74) is 3.02. The SMILES string of the molecule is c1cc(C2CCNC2)ccc1CCN1CCCC1. The van der Waals surface area contributed by atoms with E-state index in [1.54, 1.807) is 0 Å². The zero-order valence-electron chi connectivity index (χ0n) is 11.2.